The molecule has 1 fully saturated rings. The van der Waals surface area contributed by atoms with E-state index in [0.29, 0.717) is 13.1 Å². The first-order valence-electron chi connectivity index (χ1n) is 8.24. The van der Waals surface area contributed by atoms with E-state index in [9.17, 15) is 9.59 Å². The zero-order chi connectivity index (χ0) is 17.1. The van der Waals surface area contributed by atoms with Gasteiger partial charge in [0.2, 0.25) is 11.8 Å². The van der Waals surface area contributed by atoms with Gasteiger partial charge in [0, 0.05) is 25.2 Å². The Morgan fingerprint density at radius 1 is 1.08 bits per heavy atom. The molecule has 1 atom stereocenters. The number of carbonyl (C=O) groups excluding carboxylic acids is 2. The molecule has 2 amide bonds. The van der Waals surface area contributed by atoms with Gasteiger partial charge in [0.25, 0.3) is 0 Å². The van der Waals surface area contributed by atoms with Crippen LogP contribution in [0.5, 0.6) is 0 Å². The summed E-state index contributed by atoms with van der Waals surface area (Å²) in [6, 6.07) is 15.8. The van der Waals surface area contributed by atoms with Gasteiger partial charge in [0.1, 0.15) is 0 Å². The molecule has 2 aromatic carbocycles. The molecule has 1 aliphatic heterocycles. The summed E-state index contributed by atoms with van der Waals surface area (Å²) in [7, 11) is 0. The standard InChI is InChI=1S/C20H22N2O2/c1-14-7-6-8-15(2)19(14)22-13-17(11-18(22)23)20(24)21-12-16-9-4-3-5-10-16/h3-10,17H,11-13H2,1-2H3,(H,21,24)/t17-/m0/s1. The molecule has 1 N–H and O–H groups in total. The van der Waals surface area contributed by atoms with Crippen molar-refractivity contribution < 1.29 is 9.59 Å². The number of anilines is 1. The molecule has 4 heteroatoms. The summed E-state index contributed by atoms with van der Waals surface area (Å²) in [5.41, 5.74) is 4.13. The first-order chi connectivity index (χ1) is 11.6. The van der Waals surface area contributed by atoms with Crippen LogP contribution in [0.15, 0.2) is 48.5 Å². The lowest BCUT2D eigenvalue weighted by Crippen LogP contribution is -2.33. The molecule has 24 heavy (non-hydrogen) atoms. The number of hydrogen-bond donors (Lipinski definition) is 1. The monoisotopic (exact) mass is 322 g/mol. The van der Waals surface area contributed by atoms with E-state index in [4.69, 9.17) is 0 Å². The Morgan fingerprint density at radius 2 is 1.75 bits per heavy atom. The first-order valence-corrected chi connectivity index (χ1v) is 8.24. The summed E-state index contributed by atoms with van der Waals surface area (Å²) < 4.78 is 0. The molecule has 0 spiro atoms. The van der Waals surface area contributed by atoms with Gasteiger partial charge in [0.05, 0.1) is 5.92 Å². The molecule has 1 heterocycles. The number of nitrogens with zero attached hydrogens (tertiary/aromatic N) is 1. The predicted octanol–water partition coefficient (Wildman–Crippen LogP) is 2.97. The van der Waals surface area contributed by atoms with Crippen molar-refractivity contribution in [2.24, 2.45) is 5.92 Å². The van der Waals surface area contributed by atoms with Crippen LogP contribution < -0.4 is 10.2 Å². The number of aryl methyl sites for hydroxylation is 2. The number of carbonyl (C=O) groups is 2. The van der Waals surface area contributed by atoms with Gasteiger partial charge in [-0.1, -0.05) is 48.5 Å². The maximum atomic E-state index is 12.4. The summed E-state index contributed by atoms with van der Waals surface area (Å²) in [4.78, 5) is 26.6. The number of nitrogens with one attached hydrogen (secondary N) is 1. The highest BCUT2D eigenvalue weighted by Gasteiger charge is 2.36. The molecule has 124 valence electrons. The van der Waals surface area contributed by atoms with E-state index in [0.717, 1.165) is 22.4 Å². The minimum absolute atomic E-state index is 0.0206. The molecule has 4 nitrogen and oxygen atoms in total. The molecule has 1 saturated heterocycles. The van der Waals surface area contributed by atoms with E-state index < -0.39 is 0 Å². The van der Waals surface area contributed by atoms with Gasteiger partial charge in [0.15, 0.2) is 0 Å². The molecule has 0 bridgehead atoms. The van der Waals surface area contributed by atoms with Crippen molar-refractivity contribution in [3.63, 3.8) is 0 Å². The van der Waals surface area contributed by atoms with Gasteiger partial charge < -0.3 is 10.2 Å². The highest BCUT2D eigenvalue weighted by molar-refractivity contribution is 6.01. The van der Waals surface area contributed by atoms with Gasteiger partial charge in [-0.05, 0) is 30.5 Å². The van der Waals surface area contributed by atoms with Gasteiger partial charge >= 0.3 is 0 Å². The maximum absolute atomic E-state index is 12.4. The zero-order valence-electron chi connectivity index (χ0n) is 14.1. The zero-order valence-corrected chi connectivity index (χ0v) is 14.1. The van der Waals surface area contributed by atoms with Crippen molar-refractivity contribution in [2.45, 2.75) is 26.8 Å². The highest BCUT2D eigenvalue weighted by Crippen LogP contribution is 2.30. The molecule has 0 aliphatic carbocycles. The fraction of sp³-hybridized carbons (Fsp3) is 0.300. The van der Waals surface area contributed by atoms with Crippen LogP contribution in [0.2, 0.25) is 0 Å². The van der Waals surface area contributed by atoms with Crippen molar-refractivity contribution >= 4 is 17.5 Å². The number of benzene rings is 2. The van der Waals surface area contributed by atoms with Crippen LogP contribution in [0, 0.1) is 19.8 Å². The fourth-order valence-corrected chi connectivity index (χ4v) is 3.26. The van der Waals surface area contributed by atoms with E-state index in [-0.39, 0.29) is 24.2 Å². The molecule has 0 saturated carbocycles. The van der Waals surface area contributed by atoms with Gasteiger partial charge in [-0.15, -0.1) is 0 Å². The van der Waals surface area contributed by atoms with Crippen LogP contribution in [0.25, 0.3) is 0 Å². The fourth-order valence-electron chi connectivity index (χ4n) is 3.26. The molecule has 1 aliphatic rings. The van der Waals surface area contributed by atoms with Gasteiger partial charge in [-0.25, -0.2) is 0 Å². The second-order valence-electron chi connectivity index (χ2n) is 6.35. The summed E-state index contributed by atoms with van der Waals surface area (Å²) in [5, 5.41) is 2.94. The lowest BCUT2D eigenvalue weighted by molar-refractivity contribution is -0.126. The van der Waals surface area contributed by atoms with E-state index in [1.165, 1.54) is 0 Å². The van der Waals surface area contributed by atoms with Gasteiger partial charge in [-0.2, -0.15) is 0 Å². The minimum atomic E-state index is -0.291. The van der Waals surface area contributed by atoms with Crippen LogP contribution in [0.4, 0.5) is 5.69 Å². The average Bonchev–Trinajstić information content (AvgIpc) is 2.95. The summed E-state index contributed by atoms with van der Waals surface area (Å²) in [6.45, 7) is 4.94. The average molecular weight is 322 g/mol. The van der Waals surface area contributed by atoms with Crippen molar-refractivity contribution in [1.29, 1.82) is 0 Å². The summed E-state index contributed by atoms with van der Waals surface area (Å²) >= 11 is 0. The number of para-hydroxylation sites is 1. The molecule has 3 rings (SSSR count). The highest BCUT2D eigenvalue weighted by atomic mass is 16.2. The third-order valence-electron chi connectivity index (χ3n) is 4.51. The van der Waals surface area contributed by atoms with Crippen LogP contribution >= 0.6 is 0 Å². The van der Waals surface area contributed by atoms with Crippen molar-refractivity contribution in [1.82, 2.24) is 5.32 Å². The Bertz CT molecular complexity index is 735. The SMILES string of the molecule is Cc1cccc(C)c1N1C[C@@H](C(=O)NCc2ccccc2)CC1=O. The van der Waals surface area contributed by atoms with Gasteiger partial charge in [-0.3, -0.25) is 9.59 Å². The summed E-state index contributed by atoms with van der Waals surface area (Å²) in [6.07, 6.45) is 0.272. The Hall–Kier alpha value is -2.62. The van der Waals surface area contributed by atoms with E-state index in [1.807, 2.05) is 62.4 Å². The molecule has 2 aromatic rings. The number of hydrogen-bond acceptors (Lipinski definition) is 2. The van der Waals surface area contributed by atoms with Crippen LogP contribution in [-0.2, 0) is 16.1 Å². The third-order valence-corrected chi connectivity index (χ3v) is 4.51. The Labute approximate surface area is 142 Å². The quantitative estimate of drug-likeness (QED) is 0.941. The second-order valence-corrected chi connectivity index (χ2v) is 6.35. The topological polar surface area (TPSA) is 49.4 Å². The Morgan fingerprint density at radius 3 is 2.42 bits per heavy atom. The third kappa shape index (κ3) is 3.32. The van der Waals surface area contributed by atoms with Crippen molar-refractivity contribution in [3.05, 3.63) is 65.2 Å². The Balaban J connectivity index is 1.67. The molecule has 0 aromatic heterocycles. The normalized spacial score (nSPS) is 17.2. The second kappa shape index (κ2) is 6.87. The van der Waals surface area contributed by atoms with Crippen LogP contribution in [-0.4, -0.2) is 18.4 Å². The van der Waals surface area contributed by atoms with Crippen molar-refractivity contribution in [2.75, 3.05) is 11.4 Å². The lowest BCUT2D eigenvalue weighted by Gasteiger charge is -2.21. The molecule has 0 radical (unpaired) electrons. The van der Waals surface area contributed by atoms with Crippen LogP contribution in [0.1, 0.15) is 23.1 Å². The smallest absolute Gasteiger partial charge is 0.227 e. The first kappa shape index (κ1) is 16.2. The predicted molar refractivity (Wildman–Crippen MR) is 94.7 cm³/mol. The van der Waals surface area contributed by atoms with E-state index in [1.54, 1.807) is 4.90 Å². The van der Waals surface area contributed by atoms with E-state index in [2.05, 4.69) is 5.32 Å². The number of amides is 2. The maximum Gasteiger partial charge on any atom is 0.227 e. The van der Waals surface area contributed by atoms with Crippen LogP contribution in [0.3, 0.4) is 0 Å². The lowest BCUT2D eigenvalue weighted by atomic mass is 10.1. The summed E-state index contributed by atoms with van der Waals surface area (Å²) in [5.74, 6) is -0.326. The molecule has 0 unspecified atom stereocenters. The van der Waals surface area contributed by atoms with E-state index >= 15 is 0 Å². The largest absolute Gasteiger partial charge is 0.352 e. The number of rotatable bonds is 4. The minimum Gasteiger partial charge on any atom is -0.352 e. The Kier molecular flexibility index (Phi) is 4.65. The molecular weight excluding hydrogens is 300 g/mol. The van der Waals surface area contributed by atoms with Crippen molar-refractivity contribution in [3.8, 4) is 0 Å². The molecular formula is C20H22N2O2.